The Hall–Kier alpha value is -1.65. The number of nitrogens with zero attached hydrogens (tertiary/aromatic N) is 1. The highest BCUT2D eigenvalue weighted by Gasteiger charge is 2.44. The minimum atomic E-state index is -0.312. The molecule has 32 heavy (non-hydrogen) atoms. The average molecular weight is 450 g/mol. The topological polar surface area (TPSA) is 63.7 Å². The maximum absolute atomic E-state index is 13.1. The molecule has 0 saturated carbocycles. The Morgan fingerprint density at radius 2 is 1.53 bits per heavy atom. The van der Waals surface area contributed by atoms with Crippen LogP contribution >= 0.6 is 0 Å². The normalized spacial score (nSPS) is 17.2. The highest BCUT2D eigenvalue weighted by molar-refractivity contribution is 6.12. The van der Waals surface area contributed by atoms with Gasteiger partial charge in [0.15, 0.2) is 0 Å². The monoisotopic (exact) mass is 449 g/mol. The van der Waals surface area contributed by atoms with Crippen LogP contribution < -0.4 is 0 Å². The van der Waals surface area contributed by atoms with Gasteiger partial charge >= 0.3 is 5.97 Å². The van der Waals surface area contributed by atoms with Crippen LogP contribution in [-0.4, -0.2) is 35.8 Å². The average Bonchev–Trinajstić information content (AvgIpc) is 2.85. The van der Waals surface area contributed by atoms with Gasteiger partial charge in [-0.2, -0.15) is 0 Å². The van der Waals surface area contributed by atoms with Gasteiger partial charge in [0, 0.05) is 12.1 Å². The summed E-state index contributed by atoms with van der Waals surface area (Å²) in [5, 5.41) is 0. The molecule has 0 bridgehead atoms. The number of likely N-dealkylation sites (tertiary alicyclic amines) is 1. The van der Waals surface area contributed by atoms with Crippen molar-refractivity contribution in [2.75, 3.05) is 13.2 Å². The second-order valence-corrected chi connectivity index (χ2v) is 13.1. The van der Waals surface area contributed by atoms with Crippen molar-refractivity contribution in [3.8, 4) is 0 Å². The molecule has 0 aromatic heterocycles. The fourth-order valence-corrected chi connectivity index (χ4v) is 3.94. The Morgan fingerprint density at radius 3 is 1.97 bits per heavy atom. The van der Waals surface area contributed by atoms with E-state index in [0.29, 0.717) is 12.0 Å². The first-order valence-electron chi connectivity index (χ1n) is 12.0. The lowest BCUT2D eigenvalue weighted by molar-refractivity contribution is -0.155. The molecule has 0 N–H and O–H groups in total. The number of carbonyl (C=O) groups excluding carboxylic acids is 3. The van der Waals surface area contributed by atoms with Crippen LogP contribution in [0.2, 0.25) is 0 Å². The van der Waals surface area contributed by atoms with Crippen molar-refractivity contribution in [2.24, 2.45) is 27.6 Å². The predicted molar refractivity (Wildman–Crippen MR) is 130 cm³/mol. The Bertz CT molecular complexity index is 719. The van der Waals surface area contributed by atoms with Crippen LogP contribution in [0.1, 0.15) is 101 Å². The molecular weight excluding hydrogens is 402 g/mol. The number of amides is 2. The number of hydrogen-bond donors (Lipinski definition) is 0. The SMILES string of the molecule is C=C1CC(=O)N(CCCOC(=O)C(CC(C)(C)C(C)(C)CCC(C)(C)C)C(C)(C)C)C1=O. The standard InChI is InChI=1S/C27H47NO4/c1-19-17-21(29)28(22(19)30)15-12-16-32-23(31)20(25(5,6)7)18-27(10,11)26(8,9)14-13-24(2,3)4/h20H,1,12-18H2,2-11H3. The largest absolute Gasteiger partial charge is 0.465 e. The van der Waals surface area contributed by atoms with Gasteiger partial charge in [-0.15, -0.1) is 0 Å². The summed E-state index contributed by atoms with van der Waals surface area (Å²) in [6, 6.07) is 0. The molecule has 0 aromatic carbocycles. The molecule has 0 aliphatic carbocycles. The van der Waals surface area contributed by atoms with Crippen LogP contribution in [0.15, 0.2) is 12.2 Å². The number of carbonyl (C=O) groups is 3. The Balaban J connectivity index is 2.75. The van der Waals surface area contributed by atoms with Crippen molar-refractivity contribution in [3.05, 3.63) is 12.2 Å². The van der Waals surface area contributed by atoms with Crippen LogP contribution in [0, 0.1) is 27.6 Å². The van der Waals surface area contributed by atoms with Gasteiger partial charge in [-0.25, -0.2) is 0 Å². The summed E-state index contributed by atoms with van der Waals surface area (Å²) in [5.74, 6) is -0.965. The van der Waals surface area contributed by atoms with Gasteiger partial charge in [0.05, 0.1) is 18.9 Å². The minimum absolute atomic E-state index is 0.0516. The molecule has 1 atom stereocenters. The third-order valence-electron chi connectivity index (χ3n) is 7.36. The molecule has 1 rings (SSSR count). The summed E-state index contributed by atoms with van der Waals surface area (Å²) >= 11 is 0. The summed E-state index contributed by atoms with van der Waals surface area (Å²) in [5.41, 5.74) is 0.399. The van der Waals surface area contributed by atoms with Gasteiger partial charge in [0.1, 0.15) is 0 Å². The number of esters is 1. The van der Waals surface area contributed by atoms with E-state index in [1.807, 2.05) is 0 Å². The molecule has 1 aliphatic heterocycles. The first-order chi connectivity index (χ1) is 14.3. The smallest absolute Gasteiger partial charge is 0.309 e. The summed E-state index contributed by atoms with van der Waals surface area (Å²) in [6.07, 6.45) is 3.50. The molecule has 1 fully saturated rings. The van der Waals surface area contributed by atoms with E-state index in [1.54, 1.807) is 0 Å². The van der Waals surface area contributed by atoms with Crippen molar-refractivity contribution in [1.82, 2.24) is 4.90 Å². The molecule has 184 valence electrons. The quantitative estimate of drug-likeness (QED) is 0.173. The van der Waals surface area contributed by atoms with Crippen LogP contribution in [0.3, 0.4) is 0 Å². The molecule has 5 nitrogen and oxygen atoms in total. The molecule has 1 saturated heterocycles. The van der Waals surface area contributed by atoms with Crippen molar-refractivity contribution in [1.29, 1.82) is 0 Å². The lowest BCUT2D eigenvalue weighted by Crippen LogP contribution is -2.41. The van der Waals surface area contributed by atoms with Gasteiger partial charge < -0.3 is 4.74 Å². The van der Waals surface area contributed by atoms with E-state index in [2.05, 4.69) is 75.8 Å². The zero-order valence-corrected chi connectivity index (χ0v) is 22.3. The number of imide groups is 1. The number of rotatable bonds is 10. The number of ether oxygens (including phenoxy) is 1. The number of hydrogen-bond acceptors (Lipinski definition) is 4. The first kappa shape index (κ1) is 28.4. The zero-order valence-electron chi connectivity index (χ0n) is 22.3. The molecule has 0 radical (unpaired) electrons. The molecule has 1 heterocycles. The van der Waals surface area contributed by atoms with Gasteiger partial charge in [-0.1, -0.05) is 75.8 Å². The van der Waals surface area contributed by atoms with E-state index in [4.69, 9.17) is 4.74 Å². The fraction of sp³-hybridized carbons (Fsp3) is 0.815. The van der Waals surface area contributed by atoms with Gasteiger partial charge in [0.2, 0.25) is 5.91 Å². The maximum Gasteiger partial charge on any atom is 0.309 e. The molecule has 5 heteroatoms. The molecular formula is C27H47NO4. The summed E-state index contributed by atoms with van der Waals surface area (Å²) in [7, 11) is 0. The zero-order chi connectivity index (χ0) is 25.1. The fourth-order valence-electron chi connectivity index (χ4n) is 3.94. The summed E-state index contributed by atoms with van der Waals surface area (Å²) in [6.45, 7) is 26.3. The van der Waals surface area contributed by atoms with Crippen molar-refractivity contribution in [3.63, 3.8) is 0 Å². The second-order valence-electron chi connectivity index (χ2n) is 13.1. The van der Waals surface area contributed by atoms with Crippen molar-refractivity contribution >= 4 is 17.8 Å². The highest BCUT2D eigenvalue weighted by atomic mass is 16.5. The van der Waals surface area contributed by atoms with Crippen LogP contribution in [-0.2, 0) is 19.1 Å². The molecule has 1 aliphatic rings. The Morgan fingerprint density at radius 1 is 0.969 bits per heavy atom. The summed E-state index contributed by atoms with van der Waals surface area (Å²) in [4.78, 5) is 38.1. The minimum Gasteiger partial charge on any atom is -0.465 e. The first-order valence-corrected chi connectivity index (χ1v) is 12.0. The highest BCUT2D eigenvalue weighted by Crippen LogP contribution is 2.50. The van der Waals surface area contributed by atoms with E-state index in [9.17, 15) is 14.4 Å². The molecule has 0 spiro atoms. The third kappa shape index (κ3) is 7.74. The van der Waals surface area contributed by atoms with E-state index in [0.717, 1.165) is 19.3 Å². The van der Waals surface area contributed by atoms with Gasteiger partial charge in [-0.05, 0) is 47.3 Å². The lowest BCUT2D eigenvalue weighted by Gasteiger charge is -2.46. The third-order valence-corrected chi connectivity index (χ3v) is 7.36. The van der Waals surface area contributed by atoms with Gasteiger partial charge in [-0.3, -0.25) is 19.3 Å². The Labute approximate surface area is 196 Å². The van der Waals surface area contributed by atoms with Crippen molar-refractivity contribution < 1.29 is 19.1 Å². The van der Waals surface area contributed by atoms with E-state index >= 15 is 0 Å². The van der Waals surface area contributed by atoms with Crippen LogP contribution in [0.25, 0.3) is 0 Å². The molecule has 1 unspecified atom stereocenters. The van der Waals surface area contributed by atoms with Crippen molar-refractivity contribution in [2.45, 2.75) is 101 Å². The Kier molecular flexibility index (Phi) is 8.95. The second kappa shape index (κ2) is 10.1. The molecule has 0 aromatic rings. The lowest BCUT2D eigenvalue weighted by atomic mass is 9.59. The van der Waals surface area contributed by atoms with Crippen LogP contribution in [0.4, 0.5) is 0 Å². The van der Waals surface area contributed by atoms with Crippen LogP contribution in [0.5, 0.6) is 0 Å². The predicted octanol–water partition coefficient (Wildman–Crippen LogP) is 6.17. The maximum atomic E-state index is 13.1. The van der Waals surface area contributed by atoms with E-state index in [1.165, 1.54) is 4.90 Å². The van der Waals surface area contributed by atoms with E-state index < -0.39 is 0 Å². The van der Waals surface area contributed by atoms with E-state index in [-0.39, 0.29) is 64.9 Å². The van der Waals surface area contributed by atoms with Gasteiger partial charge in [0.25, 0.3) is 5.91 Å². The summed E-state index contributed by atoms with van der Waals surface area (Å²) < 4.78 is 5.65. The molecule has 2 amide bonds.